The minimum Gasteiger partial charge on any atom is -0.482 e. The Kier molecular flexibility index (Phi) is 7.17. The molecule has 0 saturated heterocycles. The van der Waals surface area contributed by atoms with Crippen LogP contribution in [-0.2, 0) is 14.4 Å². The molecule has 0 aliphatic carbocycles. The number of ether oxygens (including phenoxy) is 1. The predicted octanol–water partition coefficient (Wildman–Crippen LogP) is 2.50. The average molecular weight is 438 g/mol. The fourth-order valence-electron chi connectivity index (χ4n) is 2.98. The maximum Gasteiger partial charge on any atom is 0.269 e. The van der Waals surface area contributed by atoms with Crippen molar-refractivity contribution in [3.8, 4) is 5.75 Å². The Labute approximate surface area is 184 Å². The number of non-ortho nitro benzene ring substituents is 1. The first-order valence-corrected chi connectivity index (χ1v) is 9.95. The van der Waals surface area contributed by atoms with Gasteiger partial charge in [0.15, 0.2) is 6.61 Å². The summed E-state index contributed by atoms with van der Waals surface area (Å²) in [6.45, 7) is 2.13. The number of nitro groups is 1. The highest BCUT2D eigenvalue weighted by Crippen LogP contribution is 2.34. The van der Waals surface area contributed by atoms with Gasteiger partial charge < -0.3 is 15.4 Å². The molecule has 2 aromatic rings. The minimum absolute atomic E-state index is 0.0367. The van der Waals surface area contributed by atoms with Crippen LogP contribution in [0.4, 0.5) is 17.1 Å². The molecule has 1 heterocycles. The fourth-order valence-corrected chi connectivity index (χ4v) is 2.98. The van der Waals surface area contributed by atoms with Crippen LogP contribution in [0.15, 0.2) is 48.5 Å². The van der Waals surface area contributed by atoms with Crippen LogP contribution in [0.2, 0.25) is 0 Å². The van der Waals surface area contributed by atoms with Gasteiger partial charge >= 0.3 is 0 Å². The number of rotatable bonds is 8. The SMILES string of the molecule is CCCNC(=O)CN1C(=O)COc2ccc(NC(=O)/C=C/c3ccc([N+](=O)[O-])cc3)cc21. The van der Waals surface area contributed by atoms with Crippen molar-refractivity contribution in [3.63, 3.8) is 0 Å². The van der Waals surface area contributed by atoms with Crippen LogP contribution in [0.5, 0.6) is 5.75 Å². The molecule has 0 fully saturated rings. The van der Waals surface area contributed by atoms with Crippen molar-refractivity contribution in [2.24, 2.45) is 0 Å². The molecule has 10 heteroatoms. The Morgan fingerprint density at radius 3 is 2.66 bits per heavy atom. The molecule has 0 saturated carbocycles. The normalized spacial score (nSPS) is 12.8. The van der Waals surface area contributed by atoms with E-state index in [9.17, 15) is 24.5 Å². The third-order valence-corrected chi connectivity index (χ3v) is 4.57. The number of amides is 3. The number of carbonyl (C=O) groups excluding carboxylic acids is 3. The zero-order valence-corrected chi connectivity index (χ0v) is 17.4. The third-order valence-electron chi connectivity index (χ3n) is 4.57. The van der Waals surface area contributed by atoms with Crippen LogP contribution in [0.1, 0.15) is 18.9 Å². The molecular weight excluding hydrogens is 416 g/mol. The number of fused-ring (bicyclic) bond motifs is 1. The number of benzene rings is 2. The molecule has 10 nitrogen and oxygen atoms in total. The second kappa shape index (κ2) is 10.2. The monoisotopic (exact) mass is 438 g/mol. The summed E-state index contributed by atoms with van der Waals surface area (Å²) in [7, 11) is 0. The number of nitrogens with one attached hydrogen (secondary N) is 2. The van der Waals surface area contributed by atoms with E-state index in [1.165, 1.54) is 41.3 Å². The first-order chi connectivity index (χ1) is 15.4. The third kappa shape index (κ3) is 5.69. The Morgan fingerprint density at radius 1 is 1.22 bits per heavy atom. The second-order valence-electron chi connectivity index (χ2n) is 6.97. The zero-order chi connectivity index (χ0) is 23.1. The van der Waals surface area contributed by atoms with Gasteiger partial charge in [-0.25, -0.2) is 0 Å². The van der Waals surface area contributed by atoms with E-state index in [1.807, 2.05) is 6.92 Å². The molecule has 0 atom stereocenters. The van der Waals surface area contributed by atoms with E-state index < -0.39 is 10.8 Å². The van der Waals surface area contributed by atoms with E-state index in [0.717, 1.165) is 6.42 Å². The van der Waals surface area contributed by atoms with E-state index in [0.29, 0.717) is 29.2 Å². The molecule has 0 radical (unpaired) electrons. The van der Waals surface area contributed by atoms with Crippen LogP contribution in [0, 0.1) is 10.1 Å². The molecular formula is C22H22N4O6. The largest absolute Gasteiger partial charge is 0.482 e. The van der Waals surface area contributed by atoms with Gasteiger partial charge in [-0.15, -0.1) is 0 Å². The predicted molar refractivity (Wildman–Crippen MR) is 118 cm³/mol. The Balaban J connectivity index is 1.70. The van der Waals surface area contributed by atoms with E-state index in [1.54, 1.807) is 18.2 Å². The number of carbonyl (C=O) groups is 3. The van der Waals surface area contributed by atoms with E-state index >= 15 is 0 Å². The maximum atomic E-state index is 12.3. The van der Waals surface area contributed by atoms with Crippen molar-refractivity contribution in [1.82, 2.24) is 5.32 Å². The summed E-state index contributed by atoms with van der Waals surface area (Å²) < 4.78 is 5.42. The molecule has 3 amide bonds. The molecule has 166 valence electrons. The number of hydrogen-bond donors (Lipinski definition) is 2. The van der Waals surface area contributed by atoms with Crippen molar-refractivity contribution in [1.29, 1.82) is 0 Å². The molecule has 2 N–H and O–H groups in total. The molecule has 0 aromatic heterocycles. The molecule has 1 aliphatic rings. The summed E-state index contributed by atoms with van der Waals surface area (Å²) >= 11 is 0. The van der Waals surface area contributed by atoms with Crippen molar-refractivity contribution in [3.05, 3.63) is 64.2 Å². The van der Waals surface area contributed by atoms with Crippen LogP contribution >= 0.6 is 0 Å². The lowest BCUT2D eigenvalue weighted by molar-refractivity contribution is -0.384. The van der Waals surface area contributed by atoms with E-state index in [-0.39, 0.29) is 30.7 Å². The van der Waals surface area contributed by atoms with Gasteiger partial charge in [-0.3, -0.25) is 29.4 Å². The van der Waals surface area contributed by atoms with Crippen LogP contribution in [0.25, 0.3) is 6.08 Å². The lowest BCUT2D eigenvalue weighted by Gasteiger charge is -2.29. The summed E-state index contributed by atoms with van der Waals surface area (Å²) in [6, 6.07) is 10.6. The van der Waals surface area contributed by atoms with Crippen molar-refractivity contribution < 1.29 is 24.0 Å². The second-order valence-corrected chi connectivity index (χ2v) is 6.97. The quantitative estimate of drug-likeness (QED) is 0.370. The van der Waals surface area contributed by atoms with Crippen LogP contribution < -0.4 is 20.3 Å². The number of nitro benzene ring substituents is 1. The Bertz CT molecular complexity index is 1060. The lowest BCUT2D eigenvalue weighted by atomic mass is 10.2. The van der Waals surface area contributed by atoms with Crippen molar-refractivity contribution in [2.45, 2.75) is 13.3 Å². The standard InChI is InChI=1S/C22H22N4O6/c1-2-11-23-21(28)13-25-18-12-16(6-9-19(18)32-14-22(25)29)24-20(27)10-5-15-3-7-17(8-4-15)26(30)31/h3-10,12H,2,11,13-14H2,1H3,(H,23,28)(H,24,27)/b10-5+. The van der Waals surface area contributed by atoms with Crippen LogP contribution in [0.3, 0.4) is 0 Å². The molecule has 0 unspecified atom stereocenters. The molecule has 1 aliphatic heterocycles. The number of hydrogen-bond acceptors (Lipinski definition) is 6. The highest BCUT2D eigenvalue weighted by molar-refractivity contribution is 6.05. The van der Waals surface area contributed by atoms with Gasteiger partial charge in [-0.1, -0.05) is 6.92 Å². The number of nitrogens with zero attached hydrogens (tertiary/aromatic N) is 2. The van der Waals surface area contributed by atoms with Gasteiger partial charge in [0, 0.05) is 30.4 Å². The van der Waals surface area contributed by atoms with Gasteiger partial charge in [0.1, 0.15) is 12.3 Å². The van der Waals surface area contributed by atoms with Gasteiger partial charge in [-0.2, -0.15) is 0 Å². The topological polar surface area (TPSA) is 131 Å². The Morgan fingerprint density at radius 2 is 1.97 bits per heavy atom. The lowest BCUT2D eigenvalue weighted by Crippen LogP contribution is -2.45. The molecule has 2 aromatic carbocycles. The van der Waals surface area contributed by atoms with Gasteiger partial charge in [0.25, 0.3) is 11.6 Å². The molecule has 3 rings (SSSR count). The highest BCUT2D eigenvalue weighted by Gasteiger charge is 2.27. The molecule has 0 spiro atoms. The highest BCUT2D eigenvalue weighted by atomic mass is 16.6. The smallest absolute Gasteiger partial charge is 0.269 e. The van der Waals surface area contributed by atoms with Gasteiger partial charge in [-0.05, 0) is 48.4 Å². The minimum atomic E-state index is -0.499. The maximum absolute atomic E-state index is 12.3. The van der Waals surface area contributed by atoms with Crippen molar-refractivity contribution >= 4 is 40.9 Å². The van der Waals surface area contributed by atoms with Gasteiger partial charge in [0.05, 0.1) is 10.6 Å². The van der Waals surface area contributed by atoms with E-state index in [2.05, 4.69) is 10.6 Å². The molecule has 0 bridgehead atoms. The fraction of sp³-hybridized carbons (Fsp3) is 0.227. The summed E-state index contributed by atoms with van der Waals surface area (Å²) in [6.07, 6.45) is 3.59. The molecule has 32 heavy (non-hydrogen) atoms. The first kappa shape index (κ1) is 22.5. The summed E-state index contributed by atoms with van der Waals surface area (Å²) in [5, 5.41) is 16.1. The van der Waals surface area contributed by atoms with Gasteiger partial charge in [0.2, 0.25) is 11.8 Å². The average Bonchev–Trinajstić information content (AvgIpc) is 2.78. The van der Waals surface area contributed by atoms with Crippen LogP contribution in [-0.4, -0.2) is 42.3 Å². The first-order valence-electron chi connectivity index (χ1n) is 9.95. The summed E-state index contributed by atoms with van der Waals surface area (Å²) in [4.78, 5) is 48.2. The Hall–Kier alpha value is -4.21. The zero-order valence-electron chi connectivity index (χ0n) is 17.4. The van der Waals surface area contributed by atoms with E-state index in [4.69, 9.17) is 4.74 Å². The number of anilines is 2. The summed E-state index contributed by atoms with van der Waals surface area (Å²) in [5.74, 6) is -0.634. The van der Waals surface area contributed by atoms with Crippen molar-refractivity contribution in [2.75, 3.05) is 29.9 Å². The summed E-state index contributed by atoms with van der Waals surface area (Å²) in [5.41, 5.74) is 1.40.